The summed E-state index contributed by atoms with van der Waals surface area (Å²) in [6, 6.07) is 17.4. The first kappa shape index (κ1) is 19.4. The molecule has 0 aliphatic carbocycles. The molecule has 0 atom stereocenters. The molecule has 3 rings (SSSR count). The highest BCUT2D eigenvalue weighted by Crippen LogP contribution is 2.17. The van der Waals surface area contributed by atoms with Crippen LogP contribution in [0.2, 0.25) is 0 Å². The van der Waals surface area contributed by atoms with Crippen molar-refractivity contribution in [2.24, 2.45) is 0 Å². The quantitative estimate of drug-likeness (QED) is 0.625. The van der Waals surface area contributed by atoms with Crippen molar-refractivity contribution in [2.75, 3.05) is 19.0 Å². The molecule has 6 heteroatoms. The van der Waals surface area contributed by atoms with Crippen LogP contribution in [0.4, 0.5) is 10.2 Å². The van der Waals surface area contributed by atoms with Crippen molar-refractivity contribution < 1.29 is 13.9 Å². The molecular formula is C22H22FN3O2. The van der Waals surface area contributed by atoms with Gasteiger partial charge in [0.2, 0.25) is 0 Å². The average molecular weight is 379 g/mol. The van der Waals surface area contributed by atoms with E-state index in [1.165, 1.54) is 18.3 Å². The first-order valence-corrected chi connectivity index (χ1v) is 9.00. The Hall–Kier alpha value is -3.41. The first-order valence-electron chi connectivity index (χ1n) is 9.00. The van der Waals surface area contributed by atoms with E-state index in [0.29, 0.717) is 24.5 Å². The highest BCUT2D eigenvalue weighted by atomic mass is 19.1. The van der Waals surface area contributed by atoms with Crippen molar-refractivity contribution >= 4 is 11.7 Å². The smallest absolute Gasteiger partial charge is 0.253 e. The predicted octanol–water partition coefficient (Wildman–Crippen LogP) is 3.81. The van der Waals surface area contributed by atoms with E-state index in [1.807, 2.05) is 24.3 Å². The number of hydrogen-bond acceptors (Lipinski definition) is 4. The number of nitrogens with one attached hydrogen (secondary N) is 2. The molecule has 0 saturated heterocycles. The Kier molecular flexibility index (Phi) is 6.57. The lowest BCUT2D eigenvalue weighted by Gasteiger charge is -2.10. The molecule has 0 fully saturated rings. The minimum atomic E-state index is -0.298. The maximum Gasteiger partial charge on any atom is 0.253 e. The largest absolute Gasteiger partial charge is 0.496 e. The Labute approximate surface area is 163 Å². The SMILES string of the molecule is COc1ccccc1CCNc1ccc(C(=O)NCc2ccc(F)cc2)cn1. The van der Waals surface area contributed by atoms with Gasteiger partial charge in [-0.2, -0.15) is 0 Å². The summed E-state index contributed by atoms with van der Waals surface area (Å²) in [5, 5.41) is 6.04. The molecule has 1 aromatic heterocycles. The highest BCUT2D eigenvalue weighted by Gasteiger charge is 2.07. The van der Waals surface area contributed by atoms with Crippen LogP contribution < -0.4 is 15.4 Å². The zero-order valence-corrected chi connectivity index (χ0v) is 15.6. The molecule has 1 heterocycles. The van der Waals surface area contributed by atoms with E-state index in [1.54, 1.807) is 31.4 Å². The molecule has 0 spiro atoms. The lowest BCUT2D eigenvalue weighted by molar-refractivity contribution is 0.0950. The second-order valence-corrected chi connectivity index (χ2v) is 6.23. The van der Waals surface area contributed by atoms with Crippen LogP contribution in [0.5, 0.6) is 5.75 Å². The van der Waals surface area contributed by atoms with Crippen LogP contribution in [-0.2, 0) is 13.0 Å². The summed E-state index contributed by atoms with van der Waals surface area (Å²) in [6.07, 6.45) is 2.33. The number of para-hydroxylation sites is 1. The number of nitrogens with zero attached hydrogens (tertiary/aromatic N) is 1. The molecule has 2 N–H and O–H groups in total. The van der Waals surface area contributed by atoms with Crippen LogP contribution in [0.25, 0.3) is 0 Å². The van der Waals surface area contributed by atoms with Gasteiger partial charge in [-0.3, -0.25) is 4.79 Å². The first-order chi connectivity index (χ1) is 13.7. The summed E-state index contributed by atoms with van der Waals surface area (Å²) in [5.41, 5.74) is 2.42. The second kappa shape index (κ2) is 9.50. The third-order valence-corrected chi connectivity index (χ3v) is 4.28. The number of halogens is 1. The summed E-state index contributed by atoms with van der Waals surface area (Å²) in [7, 11) is 1.66. The topological polar surface area (TPSA) is 63.2 Å². The van der Waals surface area contributed by atoms with Crippen molar-refractivity contribution in [3.05, 3.63) is 89.4 Å². The van der Waals surface area contributed by atoms with Gasteiger partial charge in [-0.05, 0) is 47.9 Å². The van der Waals surface area contributed by atoms with Crippen LogP contribution in [0.1, 0.15) is 21.5 Å². The van der Waals surface area contributed by atoms with Crippen LogP contribution in [0.3, 0.4) is 0 Å². The van der Waals surface area contributed by atoms with Crippen molar-refractivity contribution in [3.8, 4) is 5.75 Å². The van der Waals surface area contributed by atoms with Gasteiger partial charge in [0.1, 0.15) is 17.4 Å². The number of aromatic nitrogens is 1. The van der Waals surface area contributed by atoms with Gasteiger partial charge >= 0.3 is 0 Å². The van der Waals surface area contributed by atoms with E-state index in [-0.39, 0.29) is 11.7 Å². The van der Waals surface area contributed by atoms with Gasteiger partial charge in [-0.15, -0.1) is 0 Å². The standard InChI is InChI=1S/C22H22FN3O2/c1-28-20-5-3-2-4-17(20)12-13-24-21-11-8-18(15-25-21)22(27)26-14-16-6-9-19(23)10-7-16/h2-11,15H,12-14H2,1H3,(H,24,25)(H,26,27). The Bertz CT molecular complexity index is 912. The van der Waals surface area contributed by atoms with E-state index < -0.39 is 0 Å². The fraction of sp³-hybridized carbons (Fsp3) is 0.182. The zero-order valence-electron chi connectivity index (χ0n) is 15.6. The van der Waals surface area contributed by atoms with Gasteiger partial charge in [-0.1, -0.05) is 30.3 Å². The fourth-order valence-electron chi connectivity index (χ4n) is 2.75. The fourth-order valence-corrected chi connectivity index (χ4v) is 2.75. The lowest BCUT2D eigenvalue weighted by Crippen LogP contribution is -2.23. The molecule has 0 saturated carbocycles. The van der Waals surface area contributed by atoms with Crippen LogP contribution in [-0.4, -0.2) is 24.5 Å². The maximum atomic E-state index is 12.9. The summed E-state index contributed by atoms with van der Waals surface area (Å²) in [6.45, 7) is 1.03. The monoisotopic (exact) mass is 379 g/mol. The molecule has 144 valence electrons. The molecular weight excluding hydrogens is 357 g/mol. The van der Waals surface area contributed by atoms with Gasteiger partial charge in [-0.25, -0.2) is 9.37 Å². The molecule has 2 aromatic carbocycles. The van der Waals surface area contributed by atoms with E-state index in [9.17, 15) is 9.18 Å². The van der Waals surface area contributed by atoms with Crippen LogP contribution >= 0.6 is 0 Å². The number of hydrogen-bond donors (Lipinski definition) is 2. The molecule has 0 unspecified atom stereocenters. The van der Waals surface area contributed by atoms with E-state index >= 15 is 0 Å². The highest BCUT2D eigenvalue weighted by molar-refractivity contribution is 5.94. The Morgan fingerprint density at radius 2 is 1.86 bits per heavy atom. The van der Waals surface area contributed by atoms with Gasteiger partial charge in [0.25, 0.3) is 5.91 Å². The number of anilines is 1. The number of amides is 1. The van der Waals surface area contributed by atoms with Gasteiger partial charge in [0.05, 0.1) is 12.7 Å². The summed E-state index contributed by atoms with van der Waals surface area (Å²) in [5.74, 6) is 1.04. The molecule has 0 radical (unpaired) electrons. The van der Waals surface area contributed by atoms with Crippen molar-refractivity contribution in [2.45, 2.75) is 13.0 Å². The Balaban J connectivity index is 1.48. The normalized spacial score (nSPS) is 10.4. The lowest BCUT2D eigenvalue weighted by atomic mass is 10.1. The van der Waals surface area contributed by atoms with Crippen LogP contribution in [0.15, 0.2) is 66.9 Å². The van der Waals surface area contributed by atoms with Crippen molar-refractivity contribution in [3.63, 3.8) is 0 Å². The zero-order chi connectivity index (χ0) is 19.8. The molecule has 3 aromatic rings. The Morgan fingerprint density at radius 3 is 2.57 bits per heavy atom. The van der Waals surface area contributed by atoms with E-state index in [0.717, 1.165) is 23.3 Å². The third-order valence-electron chi connectivity index (χ3n) is 4.28. The average Bonchev–Trinajstić information content (AvgIpc) is 2.74. The number of carbonyl (C=O) groups is 1. The Morgan fingerprint density at radius 1 is 1.07 bits per heavy atom. The number of benzene rings is 2. The molecule has 0 aliphatic heterocycles. The number of ether oxygens (including phenoxy) is 1. The maximum absolute atomic E-state index is 12.9. The number of rotatable bonds is 8. The number of methoxy groups -OCH3 is 1. The van der Waals surface area contributed by atoms with Crippen LogP contribution in [0, 0.1) is 5.82 Å². The molecule has 28 heavy (non-hydrogen) atoms. The minimum Gasteiger partial charge on any atom is -0.496 e. The third kappa shape index (κ3) is 5.30. The van der Waals surface area contributed by atoms with Crippen molar-refractivity contribution in [1.29, 1.82) is 0 Å². The summed E-state index contributed by atoms with van der Waals surface area (Å²) in [4.78, 5) is 16.5. The van der Waals surface area contributed by atoms with Gasteiger partial charge < -0.3 is 15.4 Å². The van der Waals surface area contributed by atoms with Crippen molar-refractivity contribution in [1.82, 2.24) is 10.3 Å². The van der Waals surface area contributed by atoms with Gasteiger partial charge in [0.15, 0.2) is 0 Å². The second-order valence-electron chi connectivity index (χ2n) is 6.23. The molecule has 5 nitrogen and oxygen atoms in total. The summed E-state index contributed by atoms with van der Waals surface area (Å²) < 4.78 is 18.2. The minimum absolute atomic E-state index is 0.225. The molecule has 0 bridgehead atoms. The number of pyridine rings is 1. The molecule has 1 amide bonds. The van der Waals surface area contributed by atoms with E-state index in [2.05, 4.69) is 15.6 Å². The predicted molar refractivity (Wildman–Crippen MR) is 107 cm³/mol. The number of carbonyl (C=O) groups excluding carboxylic acids is 1. The van der Waals surface area contributed by atoms with Gasteiger partial charge in [0, 0.05) is 19.3 Å². The summed E-state index contributed by atoms with van der Waals surface area (Å²) >= 11 is 0. The van der Waals surface area contributed by atoms with E-state index in [4.69, 9.17) is 4.74 Å². The molecule has 0 aliphatic rings.